The SMILES string of the molecule is Cn1ccc(C(=O)NCCN)c1. The molecule has 0 unspecified atom stereocenters. The van der Waals surface area contributed by atoms with Crippen molar-refractivity contribution in [2.75, 3.05) is 13.1 Å². The van der Waals surface area contributed by atoms with Gasteiger partial charge in [0, 0.05) is 32.5 Å². The van der Waals surface area contributed by atoms with E-state index in [0.29, 0.717) is 18.7 Å². The third kappa shape index (κ3) is 2.10. The Balaban J connectivity index is 2.53. The lowest BCUT2D eigenvalue weighted by molar-refractivity contribution is 0.0955. The molecule has 4 heteroatoms. The Morgan fingerprint density at radius 3 is 3.00 bits per heavy atom. The summed E-state index contributed by atoms with van der Waals surface area (Å²) in [6.45, 7) is 0.992. The summed E-state index contributed by atoms with van der Waals surface area (Å²) < 4.78 is 1.83. The van der Waals surface area contributed by atoms with Gasteiger partial charge in [-0.25, -0.2) is 0 Å². The summed E-state index contributed by atoms with van der Waals surface area (Å²) in [5.74, 6) is -0.0685. The molecule has 0 atom stereocenters. The van der Waals surface area contributed by atoms with Crippen LogP contribution in [-0.4, -0.2) is 23.6 Å². The molecule has 0 spiro atoms. The van der Waals surface area contributed by atoms with Gasteiger partial charge in [0.25, 0.3) is 5.91 Å². The van der Waals surface area contributed by atoms with E-state index in [4.69, 9.17) is 5.73 Å². The van der Waals surface area contributed by atoms with Crippen LogP contribution in [0.1, 0.15) is 10.4 Å². The van der Waals surface area contributed by atoms with Gasteiger partial charge in [-0.3, -0.25) is 4.79 Å². The van der Waals surface area contributed by atoms with Gasteiger partial charge in [-0.05, 0) is 6.07 Å². The third-order valence-corrected chi connectivity index (χ3v) is 1.52. The van der Waals surface area contributed by atoms with E-state index in [9.17, 15) is 4.79 Å². The van der Waals surface area contributed by atoms with Crippen molar-refractivity contribution in [1.82, 2.24) is 9.88 Å². The quantitative estimate of drug-likeness (QED) is 0.650. The summed E-state index contributed by atoms with van der Waals surface area (Å²) in [5.41, 5.74) is 5.91. The van der Waals surface area contributed by atoms with Gasteiger partial charge >= 0.3 is 0 Å². The molecule has 0 saturated heterocycles. The van der Waals surface area contributed by atoms with Crippen LogP contribution in [0, 0.1) is 0 Å². The number of rotatable bonds is 3. The average molecular weight is 167 g/mol. The Morgan fingerprint density at radius 1 is 1.75 bits per heavy atom. The number of aryl methyl sites for hydroxylation is 1. The minimum absolute atomic E-state index is 0.0685. The fourth-order valence-electron chi connectivity index (χ4n) is 0.925. The first-order valence-corrected chi connectivity index (χ1v) is 3.84. The Kier molecular flexibility index (Phi) is 2.88. The van der Waals surface area contributed by atoms with Crippen LogP contribution in [0.5, 0.6) is 0 Å². The lowest BCUT2D eigenvalue weighted by Crippen LogP contribution is -2.28. The number of nitrogens with zero attached hydrogens (tertiary/aromatic N) is 1. The van der Waals surface area contributed by atoms with E-state index in [2.05, 4.69) is 5.32 Å². The van der Waals surface area contributed by atoms with E-state index >= 15 is 0 Å². The standard InChI is InChI=1S/C8H13N3O/c1-11-5-2-7(6-11)8(12)10-4-3-9/h2,5-6H,3-4,9H2,1H3,(H,10,12). The minimum atomic E-state index is -0.0685. The van der Waals surface area contributed by atoms with Gasteiger partial charge in [-0.1, -0.05) is 0 Å². The van der Waals surface area contributed by atoms with Gasteiger partial charge in [0.05, 0.1) is 5.56 Å². The van der Waals surface area contributed by atoms with Crippen molar-refractivity contribution in [3.8, 4) is 0 Å². The van der Waals surface area contributed by atoms with Crippen molar-refractivity contribution in [3.63, 3.8) is 0 Å². The maximum Gasteiger partial charge on any atom is 0.252 e. The molecule has 1 aromatic heterocycles. The summed E-state index contributed by atoms with van der Waals surface area (Å²) >= 11 is 0. The van der Waals surface area contributed by atoms with Crippen molar-refractivity contribution in [3.05, 3.63) is 24.0 Å². The maximum absolute atomic E-state index is 11.2. The van der Waals surface area contributed by atoms with Gasteiger partial charge in [0.2, 0.25) is 0 Å². The van der Waals surface area contributed by atoms with Gasteiger partial charge < -0.3 is 15.6 Å². The third-order valence-electron chi connectivity index (χ3n) is 1.52. The number of hydrogen-bond acceptors (Lipinski definition) is 2. The molecule has 66 valence electrons. The van der Waals surface area contributed by atoms with Crippen molar-refractivity contribution in [2.45, 2.75) is 0 Å². The van der Waals surface area contributed by atoms with Crippen LogP contribution in [-0.2, 0) is 7.05 Å². The Morgan fingerprint density at radius 2 is 2.50 bits per heavy atom. The summed E-state index contributed by atoms with van der Waals surface area (Å²) in [4.78, 5) is 11.2. The lowest BCUT2D eigenvalue weighted by atomic mass is 10.3. The molecule has 1 heterocycles. The first-order chi connectivity index (χ1) is 5.74. The van der Waals surface area contributed by atoms with E-state index in [0.717, 1.165) is 0 Å². The molecule has 1 rings (SSSR count). The molecule has 0 radical (unpaired) electrons. The highest BCUT2D eigenvalue weighted by atomic mass is 16.1. The predicted octanol–water partition coefficient (Wildman–Crippen LogP) is -0.286. The van der Waals surface area contributed by atoms with Crippen molar-refractivity contribution in [1.29, 1.82) is 0 Å². The second-order valence-corrected chi connectivity index (χ2v) is 2.61. The smallest absolute Gasteiger partial charge is 0.252 e. The number of amides is 1. The number of aromatic nitrogens is 1. The van der Waals surface area contributed by atoms with Gasteiger partial charge in [0.15, 0.2) is 0 Å². The maximum atomic E-state index is 11.2. The second-order valence-electron chi connectivity index (χ2n) is 2.61. The van der Waals surface area contributed by atoms with Crippen LogP contribution in [0.4, 0.5) is 0 Å². The Bertz CT molecular complexity index is 267. The molecule has 1 amide bonds. The van der Waals surface area contributed by atoms with Gasteiger partial charge in [-0.2, -0.15) is 0 Å². The Labute approximate surface area is 71.4 Å². The van der Waals surface area contributed by atoms with Crippen LogP contribution in [0.15, 0.2) is 18.5 Å². The molecule has 0 saturated carbocycles. The van der Waals surface area contributed by atoms with Crippen LogP contribution in [0.25, 0.3) is 0 Å². The number of nitrogens with one attached hydrogen (secondary N) is 1. The zero-order valence-electron chi connectivity index (χ0n) is 7.08. The molecule has 1 aromatic rings. The Hall–Kier alpha value is -1.29. The fourth-order valence-corrected chi connectivity index (χ4v) is 0.925. The highest BCUT2D eigenvalue weighted by molar-refractivity contribution is 5.93. The lowest BCUT2D eigenvalue weighted by Gasteiger charge is -1.99. The number of carbonyl (C=O) groups is 1. The molecule has 0 fully saturated rings. The first kappa shape index (κ1) is 8.80. The summed E-state index contributed by atoms with van der Waals surface area (Å²) in [6, 6.07) is 1.77. The highest BCUT2D eigenvalue weighted by Gasteiger charge is 2.03. The summed E-state index contributed by atoms with van der Waals surface area (Å²) in [7, 11) is 1.87. The molecular formula is C8H13N3O. The van der Waals surface area contributed by atoms with Crippen LogP contribution in [0.3, 0.4) is 0 Å². The largest absolute Gasteiger partial charge is 0.356 e. The zero-order valence-corrected chi connectivity index (χ0v) is 7.08. The molecule has 0 aliphatic heterocycles. The number of hydrogen-bond donors (Lipinski definition) is 2. The molecular weight excluding hydrogens is 154 g/mol. The summed E-state index contributed by atoms with van der Waals surface area (Å²) in [6.07, 6.45) is 3.60. The van der Waals surface area contributed by atoms with E-state index in [1.165, 1.54) is 0 Å². The van der Waals surface area contributed by atoms with E-state index in [1.807, 2.05) is 17.8 Å². The number of nitrogens with two attached hydrogens (primary N) is 1. The topological polar surface area (TPSA) is 60.0 Å². The molecule has 0 aliphatic carbocycles. The van der Waals surface area contributed by atoms with Crippen molar-refractivity contribution in [2.24, 2.45) is 12.8 Å². The van der Waals surface area contributed by atoms with E-state index in [-0.39, 0.29) is 5.91 Å². The van der Waals surface area contributed by atoms with E-state index in [1.54, 1.807) is 12.3 Å². The normalized spacial score (nSPS) is 9.83. The fraction of sp³-hybridized carbons (Fsp3) is 0.375. The molecule has 3 N–H and O–H groups in total. The highest BCUT2D eigenvalue weighted by Crippen LogP contribution is 1.98. The van der Waals surface area contributed by atoms with Crippen molar-refractivity contribution < 1.29 is 4.79 Å². The number of carbonyl (C=O) groups excluding carboxylic acids is 1. The van der Waals surface area contributed by atoms with Gasteiger partial charge in [0.1, 0.15) is 0 Å². The molecule has 0 aliphatic rings. The first-order valence-electron chi connectivity index (χ1n) is 3.84. The molecule has 12 heavy (non-hydrogen) atoms. The monoisotopic (exact) mass is 167 g/mol. The minimum Gasteiger partial charge on any atom is -0.356 e. The van der Waals surface area contributed by atoms with Crippen LogP contribution < -0.4 is 11.1 Å². The van der Waals surface area contributed by atoms with Crippen LogP contribution in [0.2, 0.25) is 0 Å². The summed E-state index contributed by atoms with van der Waals surface area (Å²) in [5, 5.41) is 2.68. The van der Waals surface area contributed by atoms with Crippen molar-refractivity contribution >= 4 is 5.91 Å². The molecule has 0 aromatic carbocycles. The molecule has 4 nitrogen and oxygen atoms in total. The van der Waals surface area contributed by atoms with E-state index < -0.39 is 0 Å². The second kappa shape index (κ2) is 3.92. The predicted molar refractivity (Wildman–Crippen MR) is 46.8 cm³/mol. The average Bonchev–Trinajstić information content (AvgIpc) is 2.47. The van der Waals surface area contributed by atoms with Crippen LogP contribution >= 0.6 is 0 Å². The zero-order chi connectivity index (χ0) is 8.97. The molecule has 0 bridgehead atoms. The van der Waals surface area contributed by atoms with Gasteiger partial charge in [-0.15, -0.1) is 0 Å².